The number of nitrogens with one attached hydrogen (secondary N) is 1. The SMILES string of the molecule is C/C(=C\Oc1ccc(C)cc1)C(=O)Nc1ccc(C)cc1. The van der Waals surface area contributed by atoms with E-state index in [1.165, 1.54) is 11.8 Å². The average molecular weight is 281 g/mol. The molecule has 108 valence electrons. The highest BCUT2D eigenvalue weighted by atomic mass is 16.5. The van der Waals surface area contributed by atoms with E-state index in [9.17, 15) is 4.79 Å². The van der Waals surface area contributed by atoms with E-state index in [4.69, 9.17) is 4.74 Å². The highest BCUT2D eigenvalue weighted by Gasteiger charge is 2.05. The average Bonchev–Trinajstić information content (AvgIpc) is 2.48. The fourth-order valence-electron chi connectivity index (χ4n) is 1.69. The number of anilines is 1. The van der Waals surface area contributed by atoms with E-state index in [2.05, 4.69) is 5.32 Å². The van der Waals surface area contributed by atoms with Crippen LogP contribution >= 0.6 is 0 Å². The highest BCUT2D eigenvalue weighted by Crippen LogP contribution is 2.13. The van der Waals surface area contributed by atoms with Crippen LogP contribution in [0.3, 0.4) is 0 Å². The fraction of sp³-hybridized carbons (Fsp3) is 0.167. The highest BCUT2D eigenvalue weighted by molar-refractivity contribution is 6.03. The Kier molecular flexibility index (Phi) is 4.77. The summed E-state index contributed by atoms with van der Waals surface area (Å²) in [7, 11) is 0. The molecule has 0 saturated carbocycles. The van der Waals surface area contributed by atoms with Gasteiger partial charge in [-0.15, -0.1) is 0 Å². The van der Waals surface area contributed by atoms with Crippen LogP contribution in [-0.4, -0.2) is 5.91 Å². The number of rotatable bonds is 4. The largest absolute Gasteiger partial charge is 0.465 e. The molecule has 1 amide bonds. The van der Waals surface area contributed by atoms with Crippen molar-refractivity contribution in [3.8, 4) is 5.75 Å². The molecule has 3 nitrogen and oxygen atoms in total. The molecular weight excluding hydrogens is 262 g/mol. The first kappa shape index (κ1) is 14.9. The normalized spacial score (nSPS) is 11.1. The van der Waals surface area contributed by atoms with E-state index in [1.54, 1.807) is 6.92 Å². The summed E-state index contributed by atoms with van der Waals surface area (Å²) in [6, 6.07) is 15.3. The quantitative estimate of drug-likeness (QED) is 0.673. The third-order valence-electron chi connectivity index (χ3n) is 3.06. The molecule has 0 saturated heterocycles. The summed E-state index contributed by atoms with van der Waals surface area (Å²) in [5, 5.41) is 2.83. The van der Waals surface area contributed by atoms with Gasteiger partial charge in [0.25, 0.3) is 5.91 Å². The van der Waals surface area contributed by atoms with Crippen LogP contribution in [-0.2, 0) is 4.79 Å². The van der Waals surface area contributed by atoms with E-state index in [0.29, 0.717) is 11.3 Å². The molecule has 0 radical (unpaired) electrons. The summed E-state index contributed by atoms with van der Waals surface area (Å²) in [5.74, 6) is 0.536. The molecule has 2 aromatic rings. The van der Waals surface area contributed by atoms with Crippen LogP contribution < -0.4 is 10.1 Å². The Hall–Kier alpha value is -2.55. The molecule has 0 bridgehead atoms. The predicted molar refractivity (Wildman–Crippen MR) is 85.4 cm³/mol. The molecule has 0 aliphatic carbocycles. The molecule has 0 spiro atoms. The number of benzene rings is 2. The third-order valence-corrected chi connectivity index (χ3v) is 3.06. The second kappa shape index (κ2) is 6.75. The molecule has 2 rings (SSSR count). The van der Waals surface area contributed by atoms with Crippen molar-refractivity contribution in [3.05, 3.63) is 71.5 Å². The van der Waals surface area contributed by atoms with Gasteiger partial charge in [-0.05, 0) is 45.0 Å². The van der Waals surface area contributed by atoms with Crippen molar-refractivity contribution < 1.29 is 9.53 Å². The Morgan fingerprint density at radius 2 is 1.48 bits per heavy atom. The number of hydrogen-bond acceptors (Lipinski definition) is 2. The lowest BCUT2D eigenvalue weighted by Gasteiger charge is -2.06. The summed E-state index contributed by atoms with van der Waals surface area (Å²) in [5.41, 5.74) is 3.60. The van der Waals surface area contributed by atoms with Crippen LogP contribution in [0.1, 0.15) is 18.1 Å². The molecule has 0 aromatic heterocycles. The van der Waals surface area contributed by atoms with Crippen LogP contribution in [0.15, 0.2) is 60.4 Å². The topological polar surface area (TPSA) is 38.3 Å². The van der Waals surface area contributed by atoms with Crippen molar-refractivity contribution in [3.63, 3.8) is 0 Å². The van der Waals surface area contributed by atoms with E-state index in [-0.39, 0.29) is 5.91 Å². The first-order valence-electron chi connectivity index (χ1n) is 6.83. The van der Waals surface area contributed by atoms with Crippen LogP contribution in [0.4, 0.5) is 5.69 Å². The van der Waals surface area contributed by atoms with E-state index in [0.717, 1.165) is 11.3 Å². The summed E-state index contributed by atoms with van der Waals surface area (Å²) < 4.78 is 5.48. The van der Waals surface area contributed by atoms with Gasteiger partial charge in [-0.2, -0.15) is 0 Å². The number of carbonyl (C=O) groups excluding carboxylic acids is 1. The van der Waals surface area contributed by atoms with Crippen LogP contribution in [0.2, 0.25) is 0 Å². The lowest BCUT2D eigenvalue weighted by atomic mass is 10.2. The van der Waals surface area contributed by atoms with Gasteiger partial charge in [-0.25, -0.2) is 0 Å². The molecule has 21 heavy (non-hydrogen) atoms. The third kappa shape index (κ3) is 4.49. The van der Waals surface area contributed by atoms with Gasteiger partial charge in [0.05, 0.1) is 6.26 Å². The summed E-state index contributed by atoms with van der Waals surface area (Å²) in [4.78, 5) is 12.0. The molecule has 0 unspecified atom stereocenters. The molecular formula is C18H19NO2. The number of amides is 1. The lowest BCUT2D eigenvalue weighted by Crippen LogP contribution is -2.13. The Balaban J connectivity index is 1.96. The Labute approximate surface area is 125 Å². The van der Waals surface area contributed by atoms with E-state index in [1.807, 2.05) is 62.4 Å². The maximum atomic E-state index is 12.0. The number of ether oxygens (including phenoxy) is 1. The first-order valence-corrected chi connectivity index (χ1v) is 6.83. The van der Waals surface area contributed by atoms with E-state index >= 15 is 0 Å². The minimum Gasteiger partial charge on any atom is -0.465 e. The second-order valence-corrected chi connectivity index (χ2v) is 5.05. The molecule has 3 heteroatoms. The Bertz CT molecular complexity index is 640. The monoisotopic (exact) mass is 281 g/mol. The van der Waals surface area contributed by atoms with Gasteiger partial charge >= 0.3 is 0 Å². The maximum Gasteiger partial charge on any atom is 0.254 e. The van der Waals surface area contributed by atoms with Crippen LogP contribution in [0.5, 0.6) is 5.75 Å². The van der Waals surface area contributed by atoms with Crippen molar-refractivity contribution in [2.75, 3.05) is 5.32 Å². The summed E-state index contributed by atoms with van der Waals surface area (Å²) in [6.45, 7) is 5.74. The molecule has 0 aliphatic heterocycles. The Morgan fingerprint density at radius 3 is 2.05 bits per heavy atom. The van der Waals surface area contributed by atoms with Gasteiger partial charge in [0.15, 0.2) is 0 Å². The van der Waals surface area contributed by atoms with Gasteiger partial charge in [-0.3, -0.25) is 4.79 Å². The first-order chi connectivity index (χ1) is 10.0. The standard InChI is InChI=1S/C18H19NO2/c1-13-4-8-16(9-5-13)19-18(20)15(3)12-21-17-10-6-14(2)7-11-17/h4-12H,1-3H3,(H,19,20)/b15-12+. The lowest BCUT2D eigenvalue weighted by molar-refractivity contribution is -0.112. The van der Waals surface area contributed by atoms with Crippen molar-refractivity contribution in [1.82, 2.24) is 0 Å². The number of hydrogen-bond donors (Lipinski definition) is 1. The molecule has 0 fully saturated rings. The van der Waals surface area contributed by atoms with E-state index < -0.39 is 0 Å². The maximum absolute atomic E-state index is 12.0. The predicted octanol–water partition coefficient (Wildman–Crippen LogP) is 4.22. The number of aryl methyl sites for hydroxylation is 2. The van der Waals surface area contributed by atoms with Crippen molar-refractivity contribution in [2.24, 2.45) is 0 Å². The fourth-order valence-corrected chi connectivity index (χ4v) is 1.69. The van der Waals surface area contributed by atoms with Crippen LogP contribution in [0, 0.1) is 13.8 Å². The Morgan fingerprint density at radius 1 is 0.952 bits per heavy atom. The zero-order chi connectivity index (χ0) is 15.2. The summed E-state index contributed by atoms with van der Waals surface area (Å²) in [6.07, 6.45) is 1.47. The minimum absolute atomic E-state index is 0.175. The van der Waals surface area contributed by atoms with Gasteiger partial charge in [0.2, 0.25) is 0 Å². The van der Waals surface area contributed by atoms with Crippen molar-refractivity contribution >= 4 is 11.6 Å². The van der Waals surface area contributed by atoms with Gasteiger partial charge in [0.1, 0.15) is 5.75 Å². The van der Waals surface area contributed by atoms with Crippen molar-refractivity contribution in [2.45, 2.75) is 20.8 Å². The molecule has 0 atom stereocenters. The van der Waals surface area contributed by atoms with Crippen molar-refractivity contribution in [1.29, 1.82) is 0 Å². The molecule has 1 N–H and O–H groups in total. The molecule has 0 aliphatic rings. The smallest absolute Gasteiger partial charge is 0.254 e. The second-order valence-electron chi connectivity index (χ2n) is 5.05. The van der Waals surface area contributed by atoms with Gasteiger partial charge in [-0.1, -0.05) is 35.4 Å². The summed E-state index contributed by atoms with van der Waals surface area (Å²) >= 11 is 0. The zero-order valence-corrected chi connectivity index (χ0v) is 12.5. The zero-order valence-electron chi connectivity index (χ0n) is 12.5. The number of carbonyl (C=O) groups is 1. The minimum atomic E-state index is -0.175. The van der Waals surface area contributed by atoms with Crippen LogP contribution in [0.25, 0.3) is 0 Å². The molecule has 0 heterocycles. The van der Waals surface area contributed by atoms with Gasteiger partial charge < -0.3 is 10.1 Å². The van der Waals surface area contributed by atoms with Gasteiger partial charge in [0, 0.05) is 11.3 Å². The molecule has 2 aromatic carbocycles.